The first kappa shape index (κ1) is 13.7. The number of aromatic nitrogens is 2. The molecule has 0 amide bonds. The number of rotatable bonds is 3. The van der Waals surface area contributed by atoms with Crippen LogP contribution in [0.2, 0.25) is 0 Å². The normalized spacial score (nSPS) is 12.3. The van der Waals surface area contributed by atoms with Crippen molar-refractivity contribution in [1.29, 1.82) is 0 Å². The topological polar surface area (TPSA) is 35.0 Å². The molecule has 0 N–H and O–H groups in total. The van der Waals surface area contributed by atoms with Crippen molar-refractivity contribution in [3.05, 3.63) is 41.5 Å². The van der Waals surface area contributed by atoms with E-state index in [-0.39, 0.29) is 11.1 Å². The molecule has 0 radical (unpaired) electrons. The van der Waals surface area contributed by atoms with Gasteiger partial charge in [-0.3, -0.25) is 0 Å². The Morgan fingerprint density at radius 3 is 2.68 bits per heavy atom. The minimum Gasteiger partial charge on any atom is -0.494 e. The molecule has 0 spiro atoms. The lowest BCUT2D eigenvalue weighted by Gasteiger charge is -2.09. The highest BCUT2D eigenvalue weighted by molar-refractivity contribution is 6.20. The van der Waals surface area contributed by atoms with Gasteiger partial charge in [0, 0.05) is 23.0 Å². The molecule has 0 saturated carbocycles. The number of methoxy groups -OCH3 is 1. The highest BCUT2D eigenvalue weighted by atomic mass is 35.5. The van der Waals surface area contributed by atoms with Crippen LogP contribution in [0.5, 0.6) is 5.75 Å². The van der Waals surface area contributed by atoms with Crippen molar-refractivity contribution in [2.24, 2.45) is 0 Å². The van der Waals surface area contributed by atoms with E-state index in [0.29, 0.717) is 11.4 Å². The largest absolute Gasteiger partial charge is 0.494 e. The van der Waals surface area contributed by atoms with Crippen LogP contribution in [0.4, 0.5) is 4.39 Å². The lowest BCUT2D eigenvalue weighted by atomic mass is 10.1. The van der Waals surface area contributed by atoms with Crippen molar-refractivity contribution in [2.75, 3.05) is 7.11 Å². The number of nitrogens with zero attached hydrogens (tertiary/aromatic N) is 2. The fourth-order valence-electron chi connectivity index (χ4n) is 1.80. The fourth-order valence-corrected chi connectivity index (χ4v) is 2.02. The summed E-state index contributed by atoms with van der Waals surface area (Å²) >= 11 is 6.03. The van der Waals surface area contributed by atoms with Crippen molar-refractivity contribution < 1.29 is 9.13 Å². The highest BCUT2D eigenvalue weighted by Crippen LogP contribution is 2.26. The SMILES string of the molecule is COc1cc(-c2ncc(C(C)Cl)c(C)n2)ccc1F. The number of aryl methyl sites for hydroxylation is 1. The van der Waals surface area contributed by atoms with Crippen LogP contribution in [0.25, 0.3) is 11.4 Å². The molecule has 0 aliphatic rings. The third kappa shape index (κ3) is 2.84. The van der Waals surface area contributed by atoms with Gasteiger partial charge in [0.2, 0.25) is 0 Å². The van der Waals surface area contributed by atoms with Crippen LogP contribution in [0.1, 0.15) is 23.6 Å². The number of hydrogen-bond acceptors (Lipinski definition) is 3. The quantitative estimate of drug-likeness (QED) is 0.800. The molecule has 0 aliphatic heterocycles. The predicted octanol–water partition coefficient (Wildman–Crippen LogP) is 3.90. The van der Waals surface area contributed by atoms with Gasteiger partial charge in [0.05, 0.1) is 12.5 Å². The number of halogens is 2. The van der Waals surface area contributed by atoms with E-state index < -0.39 is 5.82 Å². The van der Waals surface area contributed by atoms with Gasteiger partial charge in [-0.1, -0.05) is 0 Å². The lowest BCUT2D eigenvalue weighted by Crippen LogP contribution is -1.99. The van der Waals surface area contributed by atoms with Gasteiger partial charge in [-0.05, 0) is 32.0 Å². The zero-order valence-electron chi connectivity index (χ0n) is 10.9. The van der Waals surface area contributed by atoms with E-state index >= 15 is 0 Å². The Bertz CT molecular complexity index is 602. The summed E-state index contributed by atoms with van der Waals surface area (Å²) in [5.74, 6) is 0.291. The van der Waals surface area contributed by atoms with Crippen LogP contribution in [0, 0.1) is 12.7 Å². The Kier molecular flexibility index (Phi) is 4.00. The highest BCUT2D eigenvalue weighted by Gasteiger charge is 2.11. The summed E-state index contributed by atoms with van der Waals surface area (Å²) in [6.07, 6.45) is 1.70. The first-order valence-corrected chi connectivity index (χ1v) is 6.28. The summed E-state index contributed by atoms with van der Waals surface area (Å²) in [6.45, 7) is 3.74. The van der Waals surface area contributed by atoms with E-state index in [0.717, 1.165) is 11.3 Å². The monoisotopic (exact) mass is 280 g/mol. The number of hydrogen-bond donors (Lipinski definition) is 0. The molecule has 1 aromatic heterocycles. The van der Waals surface area contributed by atoms with E-state index in [1.807, 2.05) is 13.8 Å². The van der Waals surface area contributed by atoms with Crippen LogP contribution < -0.4 is 4.74 Å². The average Bonchev–Trinajstić information content (AvgIpc) is 2.38. The Balaban J connectivity index is 2.45. The van der Waals surface area contributed by atoms with Gasteiger partial charge < -0.3 is 4.74 Å². The summed E-state index contributed by atoms with van der Waals surface area (Å²) in [7, 11) is 1.42. The molecule has 0 fully saturated rings. The van der Waals surface area contributed by atoms with E-state index in [2.05, 4.69) is 9.97 Å². The van der Waals surface area contributed by atoms with Gasteiger partial charge >= 0.3 is 0 Å². The molecule has 1 heterocycles. The summed E-state index contributed by atoms with van der Waals surface area (Å²) in [4.78, 5) is 8.66. The second-order valence-corrected chi connectivity index (χ2v) is 4.85. The number of ether oxygens (including phenoxy) is 1. The van der Waals surface area contributed by atoms with Crippen molar-refractivity contribution in [1.82, 2.24) is 9.97 Å². The van der Waals surface area contributed by atoms with Crippen LogP contribution in [0.15, 0.2) is 24.4 Å². The molecule has 5 heteroatoms. The maximum atomic E-state index is 13.4. The number of alkyl halides is 1. The smallest absolute Gasteiger partial charge is 0.165 e. The van der Waals surface area contributed by atoms with Gasteiger partial charge in [-0.25, -0.2) is 14.4 Å². The second-order valence-electron chi connectivity index (χ2n) is 4.20. The van der Waals surface area contributed by atoms with E-state index in [4.69, 9.17) is 16.3 Å². The zero-order chi connectivity index (χ0) is 14.0. The molecular formula is C14H14ClFN2O. The standard InChI is InChI=1S/C14H14ClFN2O/c1-8(15)11-7-17-14(18-9(11)2)10-4-5-12(16)13(6-10)19-3/h4-8H,1-3H3. The molecular weight excluding hydrogens is 267 g/mol. The molecule has 0 bridgehead atoms. The summed E-state index contributed by atoms with van der Waals surface area (Å²) in [5.41, 5.74) is 2.41. The molecule has 3 nitrogen and oxygen atoms in total. The first-order valence-electron chi connectivity index (χ1n) is 5.84. The van der Waals surface area contributed by atoms with Crippen molar-refractivity contribution in [3.63, 3.8) is 0 Å². The minimum absolute atomic E-state index is 0.142. The third-order valence-corrected chi connectivity index (χ3v) is 3.09. The van der Waals surface area contributed by atoms with E-state index in [1.54, 1.807) is 18.3 Å². The van der Waals surface area contributed by atoms with Crippen LogP contribution >= 0.6 is 11.6 Å². The molecule has 2 aromatic rings. The van der Waals surface area contributed by atoms with Gasteiger partial charge in [0.1, 0.15) is 0 Å². The molecule has 100 valence electrons. The molecule has 0 aliphatic carbocycles. The summed E-state index contributed by atoms with van der Waals surface area (Å²) in [5, 5.41) is -0.142. The zero-order valence-corrected chi connectivity index (χ0v) is 11.7. The van der Waals surface area contributed by atoms with Crippen LogP contribution in [0.3, 0.4) is 0 Å². The molecule has 1 aromatic carbocycles. The molecule has 0 saturated heterocycles. The van der Waals surface area contributed by atoms with Gasteiger partial charge in [-0.15, -0.1) is 11.6 Å². The Labute approximate surface area is 116 Å². The molecule has 19 heavy (non-hydrogen) atoms. The van der Waals surface area contributed by atoms with E-state index in [9.17, 15) is 4.39 Å². The summed E-state index contributed by atoms with van der Waals surface area (Å²) in [6, 6.07) is 4.54. The van der Waals surface area contributed by atoms with Crippen molar-refractivity contribution >= 4 is 11.6 Å². The van der Waals surface area contributed by atoms with Gasteiger partial charge in [0.25, 0.3) is 0 Å². The first-order chi connectivity index (χ1) is 9.02. The van der Waals surface area contributed by atoms with Crippen LogP contribution in [-0.2, 0) is 0 Å². The minimum atomic E-state index is -0.408. The average molecular weight is 281 g/mol. The Hall–Kier alpha value is -1.68. The van der Waals surface area contributed by atoms with Gasteiger partial charge in [0.15, 0.2) is 17.4 Å². The predicted molar refractivity (Wildman–Crippen MR) is 73.0 cm³/mol. The maximum Gasteiger partial charge on any atom is 0.165 e. The molecule has 1 unspecified atom stereocenters. The van der Waals surface area contributed by atoms with Crippen molar-refractivity contribution in [3.8, 4) is 17.1 Å². The molecule has 2 rings (SSSR count). The second kappa shape index (κ2) is 5.53. The van der Waals surface area contributed by atoms with Crippen molar-refractivity contribution in [2.45, 2.75) is 19.2 Å². The maximum absolute atomic E-state index is 13.4. The third-order valence-electron chi connectivity index (χ3n) is 2.86. The fraction of sp³-hybridized carbons (Fsp3) is 0.286. The van der Waals surface area contributed by atoms with Gasteiger partial charge in [-0.2, -0.15) is 0 Å². The Morgan fingerprint density at radius 1 is 1.37 bits per heavy atom. The lowest BCUT2D eigenvalue weighted by molar-refractivity contribution is 0.386. The summed E-state index contributed by atoms with van der Waals surface area (Å²) < 4.78 is 18.3. The number of benzene rings is 1. The molecule has 1 atom stereocenters. The van der Waals surface area contributed by atoms with Crippen LogP contribution in [-0.4, -0.2) is 17.1 Å². The Morgan fingerprint density at radius 2 is 2.11 bits per heavy atom. The van der Waals surface area contributed by atoms with E-state index in [1.165, 1.54) is 13.2 Å².